The molecule has 0 radical (unpaired) electrons. The van der Waals surface area contributed by atoms with E-state index in [1.54, 1.807) is 0 Å². The molecule has 4 aliphatic carbocycles. The molecule has 2 aromatic rings. The van der Waals surface area contributed by atoms with Crippen LogP contribution in [0, 0.1) is 40.4 Å². The van der Waals surface area contributed by atoms with E-state index in [0.717, 1.165) is 42.1 Å². The number of carbonyl (C=O) groups is 1. The number of aliphatic hydroxyl groups is 1. The number of benzene rings is 1. The predicted octanol–water partition coefficient (Wildman–Crippen LogP) is 6.41. The molecule has 1 aromatic heterocycles. The van der Waals surface area contributed by atoms with E-state index in [1.165, 1.54) is 44.9 Å². The molecule has 4 saturated carbocycles. The molecule has 0 spiro atoms. The predicted molar refractivity (Wildman–Crippen MR) is 135 cm³/mol. The highest BCUT2D eigenvalue weighted by atomic mass is 16.3. The summed E-state index contributed by atoms with van der Waals surface area (Å²) in [6.07, 6.45) is 13.6. The molecule has 4 nitrogen and oxygen atoms in total. The molecular weight excluding hydrogens is 420 g/mol. The average Bonchev–Trinajstić information content (AvgIpc) is 3.39. The highest BCUT2D eigenvalue weighted by Gasteiger charge is 2.62. The Morgan fingerprint density at radius 1 is 1.06 bits per heavy atom. The van der Waals surface area contributed by atoms with Gasteiger partial charge < -0.3 is 9.67 Å². The van der Waals surface area contributed by atoms with Crippen molar-refractivity contribution in [3.8, 4) is 0 Å². The summed E-state index contributed by atoms with van der Waals surface area (Å²) >= 11 is 0. The third-order valence-corrected chi connectivity index (χ3v) is 11.6. The Kier molecular flexibility index (Phi) is 5.30. The van der Waals surface area contributed by atoms with E-state index in [2.05, 4.69) is 36.4 Å². The standard InChI is InChI=1S/C30H42N2O2/c1-4-30-16-15-28(2,34)17-20(30)9-10-21-22-11-12-24(29(22,3)14-13-23(21)30)27(33)18-32-19-31-25-7-5-6-8-26(25)32/h5-8,19-24,34H,4,9-18H2,1-3H3/t20-,21+,22+,23+,24-,28-,29+,30+/m1/s1. The average molecular weight is 463 g/mol. The maximum Gasteiger partial charge on any atom is 0.156 e. The summed E-state index contributed by atoms with van der Waals surface area (Å²) in [4.78, 5) is 18.2. The van der Waals surface area contributed by atoms with Crippen molar-refractivity contribution in [3.63, 3.8) is 0 Å². The molecule has 4 aliphatic rings. The molecule has 0 amide bonds. The summed E-state index contributed by atoms with van der Waals surface area (Å²) in [7, 11) is 0. The number of carbonyl (C=O) groups excluding carboxylic acids is 1. The van der Waals surface area contributed by atoms with Gasteiger partial charge in [-0.05, 0) is 118 Å². The van der Waals surface area contributed by atoms with Crippen molar-refractivity contribution in [2.24, 2.45) is 40.4 Å². The van der Waals surface area contributed by atoms with Gasteiger partial charge in [-0.15, -0.1) is 0 Å². The van der Waals surface area contributed by atoms with E-state index in [9.17, 15) is 9.90 Å². The topological polar surface area (TPSA) is 55.1 Å². The minimum absolute atomic E-state index is 0.149. The minimum Gasteiger partial charge on any atom is -0.390 e. The summed E-state index contributed by atoms with van der Waals surface area (Å²) in [6, 6.07) is 8.14. The van der Waals surface area contributed by atoms with Crippen molar-refractivity contribution in [2.75, 3.05) is 0 Å². The first-order chi connectivity index (χ1) is 16.3. The van der Waals surface area contributed by atoms with Gasteiger partial charge in [0.1, 0.15) is 0 Å². The van der Waals surface area contributed by atoms with Crippen molar-refractivity contribution in [1.29, 1.82) is 0 Å². The molecule has 4 heteroatoms. The maximum atomic E-state index is 13.7. The first-order valence-corrected chi connectivity index (χ1v) is 13.9. The lowest BCUT2D eigenvalue weighted by Crippen LogP contribution is -2.56. The first-order valence-electron chi connectivity index (χ1n) is 13.9. The zero-order valence-corrected chi connectivity index (χ0v) is 21.3. The van der Waals surface area contributed by atoms with Gasteiger partial charge in [0.15, 0.2) is 5.78 Å². The van der Waals surface area contributed by atoms with E-state index >= 15 is 0 Å². The fraction of sp³-hybridized carbons (Fsp3) is 0.733. The number of imidazole rings is 1. The summed E-state index contributed by atoms with van der Waals surface area (Å²) in [6.45, 7) is 7.40. The molecule has 184 valence electrons. The fourth-order valence-electron chi connectivity index (χ4n) is 9.89. The van der Waals surface area contributed by atoms with Crippen molar-refractivity contribution in [3.05, 3.63) is 30.6 Å². The third kappa shape index (κ3) is 3.27. The van der Waals surface area contributed by atoms with E-state index in [0.29, 0.717) is 29.6 Å². The van der Waals surface area contributed by atoms with Crippen LogP contribution in [0.5, 0.6) is 0 Å². The zero-order valence-electron chi connectivity index (χ0n) is 21.3. The van der Waals surface area contributed by atoms with Gasteiger partial charge in [0.2, 0.25) is 0 Å². The summed E-state index contributed by atoms with van der Waals surface area (Å²) in [5, 5.41) is 10.8. The van der Waals surface area contributed by atoms with Gasteiger partial charge in [-0.25, -0.2) is 4.98 Å². The van der Waals surface area contributed by atoms with Gasteiger partial charge >= 0.3 is 0 Å². The Balaban J connectivity index is 1.23. The number of rotatable bonds is 4. The van der Waals surface area contributed by atoms with Crippen LogP contribution in [0.1, 0.15) is 85.0 Å². The highest BCUT2D eigenvalue weighted by Crippen LogP contribution is 2.69. The van der Waals surface area contributed by atoms with Crippen molar-refractivity contribution in [2.45, 2.75) is 97.1 Å². The van der Waals surface area contributed by atoms with Crippen molar-refractivity contribution < 1.29 is 9.90 Å². The highest BCUT2D eigenvalue weighted by molar-refractivity contribution is 5.84. The largest absolute Gasteiger partial charge is 0.390 e. The maximum absolute atomic E-state index is 13.7. The van der Waals surface area contributed by atoms with Crippen LogP contribution in [-0.2, 0) is 11.3 Å². The molecule has 8 atom stereocenters. The van der Waals surface area contributed by atoms with E-state index in [4.69, 9.17) is 0 Å². The number of nitrogens with zero attached hydrogens (tertiary/aromatic N) is 2. The number of hydrogen-bond donors (Lipinski definition) is 1. The lowest BCUT2D eigenvalue weighted by Gasteiger charge is -2.63. The first kappa shape index (κ1) is 22.8. The van der Waals surface area contributed by atoms with Gasteiger partial charge in [0, 0.05) is 5.92 Å². The van der Waals surface area contributed by atoms with Crippen LogP contribution >= 0.6 is 0 Å². The van der Waals surface area contributed by atoms with Crippen LogP contribution < -0.4 is 0 Å². The Morgan fingerprint density at radius 3 is 2.71 bits per heavy atom. The molecule has 4 fully saturated rings. The Hall–Kier alpha value is -1.68. The van der Waals surface area contributed by atoms with E-state index in [-0.39, 0.29) is 11.3 Å². The smallest absolute Gasteiger partial charge is 0.156 e. The number of hydrogen-bond acceptors (Lipinski definition) is 3. The Morgan fingerprint density at radius 2 is 1.88 bits per heavy atom. The normalized spacial score (nSPS) is 43.8. The van der Waals surface area contributed by atoms with Gasteiger partial charge in [0.25, 0.3) is 0 Å². The molecule has 1 heterocycles. The van der Waals surface area contributed by atoms with Crippen LogP contribution in [0.15, 0.2) is 30.6 Å². The lowest BCUT2D eigenvalue weighted by atomic mass is 9.42. The van der Waals surface area contributed by atoms with Gasteiger partial charge in [0.05, 0.1) is 29.5 Å². The van der Waals surface area contributed by atoms with Crippen LogP contribution in [0.25, 0.3) is 11.0 Å². The molecule has 1 N–H and O–H groups in total. The van der Waals surface area contributed by atoms with Crippen LogP contribution in [0.4, 0.5) is 0 Å². The molecule has 0 bridgehead atoms. The van der Waals surface area contributed by atoms with E-state index < -0.39 is 5.60 Å². The molecule has 1 aromatic carbocycles. The van der Waals surface area contributed by atoms with Crippen molar-refractivity contribution >= 4 is 16.8 Å². The monoisotopic (exact) mass is 462 g/mol. The Labute approximate surface area is 204 Å². The number of aromatic nitrogens is 2. The molecule has 0 unspecified atom stereocenters. The SMILES string of the molecule is CC[C@]12CC[C@@](C)(O)C[C@H]1CC[C@H]1[C@@H]3CC[C@H](C(=O)Cn4cnc5ccccc54)[C@@]3(C)CC[C@@H]12. The van der Waals surface area contributed by atoms with Gasteiger partial charge in [-0.3, -0.25) is 4.79 Å². The summed E-state index contributed by atoms with van der Waals surface area (Å²) in [5.74, 6) is 3.52. The van der Waals surface area contributed by atoms with Crippen LogP contribution in [-0.4, -0.2) is 26.0 Å². The summed E-state index contributed by atoms with van der Waals surface area (Å²) < 4.78 is 2.06. The second kappa shape index (κ2) is 7.91. The van der Waals surface area contributed by atoms with E-state index in [1.807, 2.05) is 24.5 Å². The molecule has 0 saturated heterocycles. The van der Waals surface area contributed by atoms with Crippen molar-refractivity contribution in [1.82, 2.24) is 9.55 Å². The molecule has 0 aliphatic heterocycles. The third-order valence-electron chi connectivity index (χ3n) is 11.6. The van der Waals surface area contributed by atoms with Gasteiger partial charge in [-0.1, -0.05) is 26.0 Å². The second-order valence-corrected chi connectivity index (χ2v) is 12.9. The number of fused-ring (bicyclic) bond motifs is 6. The zero-order chi connectivity index (χ0) is 23.7. The summed E-state index contributed by atoms with van der Waals surface area (Å²) in [5.41, 5.74) is 2.14. The quantitative estimate of drug-likeness (QED) is 0.571. The Bertz CT molecular complexity index is 1090. The molecule has 34 heavy (non-hydrogen) atoms. The van der Waals surface area contributed by atoms with Gasteiger partial charge in [-0.2, -0.15) is 0 Å². The van der Waals surface area contributed by atoms with Crippen LogP contribution in [0.3, 0.4) is 0 Å². The fourth-order valence-corrected chi connectivity index (χ4v) is 9.89. The van der Waals surface area contributed by atoms with Crippen LogP contribution in [0.2, 0.25) is 0 Å². The second-order valence-electron chi connectivity index (χ2n) is 12.9. The molecular formula is C30H42N2O2. The molecule has 6 rings (SSSR count). The lowest BCUT2D eigenvalue weighted by molar-refractivity contribution is -0.158. The number of Topliss-reactive ketones (excluding diaryl/α,β-unsaturated/α-hetero) is 1. The number of ketones is 1. The minimum atomic E-state index is -0.471. The number of para-hydroxylation sites is 2.